The van der Waals surface area contributed by atoms with E-state index in [1.807, 2.05) is 0 Å². The summed E-state index contributed by atoms with van der Waals surface area (Å²) in [5.74, 6) is -3.81. The lowest BCUT2D eigenvalue weighted by atomic mass is 10.3. The van der Waals surface area contributed by atoms with Crippen LogP contribution < -0.4 is 5.14 Å². The molecule has 0 fully saturated rings. The van der Waals surface area contributed by atoms with Crippen LogP contribution in [0.15, 0.2) is 11.1 Å². The van der Waals surface area contributed by atoms with Crippen molar-refractivity contribution in [3.63, 3.8) is 0 Å². The van der Waals surface area contributed by atoms with Crippen LogP contribution in [-0.2, 0) is 10.0 Å². The molecule has 9 heteroatoms. The van der Waals surface area contributed by atoms with Gasteiger partial charge in [0.1, 0.15) is 4.90 Å². The summed E-state index contributed by atoms with van der Waals surface area (Å²) in [6.07, 6.45) is -3.09. The van der Waals surface area contributed by atoms with Gasteiger partial charge in [-0.25, -0.2) is 31.7 Å². The van der Waals surface area contributed by atoms with Crippen molar-refractivity contribution in [1.29, 1.82) is 0 Å². The molecule has 0 saturated heterocycles. The highest BCUT2D eigenvalue weighted by Crippen LogP contribution is 2.27. The van der Waals surface area contributed by atoms with Gasteiger partial charge in [0.15, 0.2) is 5.82 Å². The molecule has 1 rings (SSSR count). The summed E-state index contributed by atoms with van der Waals surface area (Å²) in [7, 11) is -4.77. The topological polar surface area (TPSA) is 73.1 Å². The van der Waals surface area contributed by atoms with Gasteiger partial charge in [0.05, 0.1) is 5.56 Å². The maximum absolute atomic E-state index is 12.9. The predicted octanol–water partition coefficient (Wildman–Crippen LogP) is 0.945. The first-order valence-corrected chi connectivity index (χ1v) is 4.94. The fourth-order valence-corrected chi connectivity index (χ4v) is 1.71. The Morgan fingerprint density at radius 2 is 1.87 bits per heavy atom. The van der Waals surface area contributed by atoms with E-state index >= 15 is 0 Å². The van der Waals surface area contributed by atoms with Gasteiger partial charge in [-0.2, -0.15) is 4.39 Å². The molecule has 15 heavy (non-hydrogen) atoms. The van der Waals surface area contributed by atoms with Crippen LogP contribution in [0.4, 0.5) is 17.6 Å². The van der Waals surface area contributed by atoms with E-state index in [2.05, 4.69) is 10.1 Å². The third-order valence-corrected chi connectivity index (χ3v) is 2.46. The summed E-state index contributed by atoms with van der Waals surface area (Å²) in [6.45, 7) is 0. The zero-order chi connectivity index (χ0) is 11.8. The summed E-state index contributed by atoms with van der Waals surface area (Å²) in [4.78, 5) is 1.07. The summed E-state index contributed by atoms with van der Waals surface area (Å²) in [5, 5.41) is 4.47. The molecule has 84 valence electrons. The second kappa shape index (κ2) is 3.74. The van der Waals surface area contributed by atoms with Gasteiger partial charge in [-0.15, -0.1) is 0 Å². The summed E-state index contributed by atoms with van der Waals surface area (Å²) in [6, 6.07) is 0. The van der Waals surface area contributed by atoms with E-state index in [0.29, 0.717) is 0 Å². The Balaban J connectivity index is 3.65. The molecule has 2 N–H and O–H groups in total. The minimum absolute atomic E-state index is 0.225. The van der Waals surface area contributed by atoms with E-state index in [1.54, 1.807) is 0 Å². The molecule has 0 saturated carbocycles. The number of rotatable bonds is 2. The molecule has 0 aliphatic heterocycles. The number of hydrogen-bond acceptors (Lipinski definition) is 3. The van der Waals surface area contributed by atoms with Crippen LogP contribution in [0.5, 0.6) is 0 Å². The molecular formula is C6H4F4N2O2S. The van der Waals surface area contributed by atoms with Crippen LogP contribution in [-0.4, -0.2) is 13.4 Å². The molecule has 0 bridgehead atoms. The van der Waals surface area contributed by atoms with E-state index in [1.165, 1.54) is 0 Å². The van der Waals surface area contributed by atoms with Crippen LogP contribution in [0, 0.1) is 11.8 Å². The van der Waals surface area contributed by atoms with Crippen molar-refractivity contribution >= 4 is 10.0 Å². The molecular weight excluding hydrogens is 240 g/mol. The van der Waals surface area contributed by atoms with Crippen LogP contribution in [0.25, 0.3) is 0 Å². The Morgan fingerprint density at radius 1 is 1.33 bits per heavy atom. The maximum atomic E-state index is 12.9. The lowest BCUT2D eigenvalue weighted by Gasteiger charge is -2.07. The molecule has 1 aromatic heterocycles. The van der Waals surface area contributed by atoms with Crippen molar-refractivity contribution in [1.82, 2.24) is 4.98 Å². The van der Waals surface area contributed by atoms with Crippen molar-refractivity contribution < 1.29 is 26.0 Å². The second-order valence-corrected chi connectivity index (χ2v) is 3.99. The molecule has 0 aromatic carbocycles. The highest BCUT2D eigenvalue weighted by molar-refractivity contribution is 7.89. The first-order valence-electron chi connectivity index (χ1n) is 3.40. The zero-order valence-electron chi connectivity index (χ0n) is 6.92. The number of primary sulfonamides is 1. The smallest absolute Gasteiger partial charge is 0.225 e. The van der Waals surface area contributed by atoms with Crippen molar-refractivity contribution in [2.24, 2.45) is 5.14 Å². The van der Waals surface area contributed by atoms with E-state index in [4.69, 9.17) is 0 Å². The quantitative estimate of drug-likeness (QED) is 0.621. The number of hydrogen-bond donors (Lipinski definition) is 1. The predicted molar refractivity (Wildman–Crippen MR) is 40.5 cm³/mol. The molecule has 0 radical (unpaired) electrons. The number of sulfonamides is 1. The number of alkyl halides is 2. The molecule has 0 aliphatic carbocycles. The van der Waals surface area contributed by atoms with E-state index in [9.17, 15) is 26.0 Å². The van der Waals surface area contributed by atoms with Crippen LogP contribution in [0.1, 0.15) is 12.0 Å². The van der Waals surface area contributed by atoms with E-state index in [-0.39, 0.29) is 6.20 Å². The third-order valence-electron chi connectivity index (χ3n) is 1.48. The molecule has 0 aliphatic rings. The molecule has 1 aromatic rings. The molecule has 1 heterocycles. The lowest BCUT2D eigenvalue weighted by Crippen LogP contribution is -2.18. The first kappa shape index (κ1) is 11.9. The summed E-state index contributed by atoms with van der Waals surface area (Å²) < 4.78 is 71.3. The Labute approximate surface area is 81.8 Å². The maximum Gasteiger partial charge on any atom is 0.266 e. The lowest BCUT2D eigenvalue weighted by molar-refractivity contribution is 0.145. The summed E-state index contributed by atoms with van der Waals surface area (Å²) in [5.41, 5.74) is -1.27. The van der Waals surface area contributed by atoms with E-state index in [0.717, 1.165) is 0 Å². The van der Waals surface area contributed by atoms with Crippen molar-refractivity contribution in [2.75, 3.05) is 0 Å². The Hall–Kier alpha value is -1.22. The standard InChI is InChI=1S/C6H4F4N2O2S/c7-3-4(15(11,13)14)2(5(8)9)1-12-6(3)10/h1,5H,(H2,11,13,14). The molecule has 0 spiro atoms. The SMILES string of the molecule is NS(=O)(=O)c1c(C(F)F)cnc(F)c1F. The average molecular weight is 244 g/mol. The number of halogens is 4. The van der Waals surface area contributed by atoms with Gasteiger partial charge < -0.3 is 0 Å². The van der Waals surface area contributed by atoms with Gasteiger partial charge in [0.2, 0.25) is 16.0 Å². The van der Waals surface area contributed by atoms with Gasteiger partial charge in [-0.05, 0) is 0 Å². The minimum atomic E-state index is -4.77. The van der Waals surface area contributed by atoms with E-state index < -0.39 is 38.7 Å². The fraction of sp³-hybridized carbons (Fsp3) is 0.167. The summed E-state index contributed by atoms with van der Waals surface area (Å²) >= 11 is 0. The van der Waals surface area contributed by atoms with Crippen LogP contribution in [0.2, 0.25) is 0 Å². The highest BCUT2D eigenvalue weighted by Gasteiger charge is 2.28. The highest BCUT2D eigenvalue weighted by atomic mass is 32.2. The van der Waals surface area contributed by atoms with Crippen LogP contribution >= 0.6 is 0 Å². The van der Waals surface area contributed by atoms with Gasteiger partial charge >= 0.3 is 0 Å². The normalized spacial score (nSPS) is 12.1. The van der Waals surface area contributed by atoms with Crippen molar-refractivity contribution in [3.05, 3.63) is 23.5 Å². The third kappa shape index (κ3) is 2.23. The molecule has 0 amide bonds. The van der Waals surface area contributed by atoms with Gasteiger partial charge in [0, 0.05) is 6.20 Å². The number of pyridine rings is 1. The number of nitrogens with two attached hydrogens (primary N) is 1. The fourth-order valence-electron chi connectivity index (χ4n) is 0.907. The molecule has 4 nitrogen and oxygen atoms in total. The van der Waals surface area contributed by atoms with Gasteiger partial charge in [0.25, 0.3) is 6.43 Å². The van der Waals surface area contributed by atoms with Crippen LogP contribution in [0.3, 0.4) is 0 Å². The van der Waals surface area contributed by atoms with Crippen molar-refractivity contribution in [2.45, 2.75) is 11.3 Å². The number of aromatic nitrogens is 1. The van der Waals surface area contributed by atoms with Crippen molar-refractivity contribution in [3.8, 4) is 0 Å². The zero-order valence-corrected chi connectivity index (χ0v) is 7.73. The monoisotopic (exact) mass is 244 g/mol. The van der Waals surface area contributed by atoms with Gasteiger partial charge in [-0.1, -0.05) is 0 Å². The Morgan fingerprint density at radius 3 is 2.27 bits per heavy atom. The largest absolute Gasteiger partial charge is 0.266 e. The Kier molecular flexibility index (Phi) is 2.95. The second-order valence-electron chi connectivity index (χ2n) is 2.49. The minimum Gasteiger partial charge on any atom is -0.225 e. The molecule has 0 unspecified atom stereocenters. The first-order chi connectivity index (χ1) is 6.75. The van der Waals surface area contributed by atoms with Gasteiger partial charge in [-0.3, -0.25) is 0 Å². The average Bonchev–Trinajstić information content (AvgIpc) is 2.06. The number of nitrogens with zero attached hydrogens (tertiary/aromatic N) is 1. The molecule has 0 atom stereocenters. The Bertz CT molecular complexity index is 488.